The van der Waals surface area contributed by atoms with Gasteiger partial charge in [-0.25, -0.2) is 0 Å². The van der Waals surface area contributed by atoms with Crippen molar-refractivity contribution in [2.45, 2.75) is 52.6 Å². The minimum Gasteiger partial charge on any atom is -0.384 e. The fourth-order valence-corrected chi connectivity index (χ4v) is 5.47. The maximum atomic E-state index is 12.3. The highest BCUT2D eigenvalue weighted by molar-refractivity contribution is 5.97. The lowest BCUT2D eigenvalue weighted by Crippen LogP contribution is -2.55. The molecule has 1 aliphatic carbocycles. The Labute approximate surface area is 163 Å². The van der Waals surface area contributed by atoms with Crippen LogP contribution in [0.15, 0.2) is 66.7 Å². The highest BCUT2D eigenvalue weighted by Gasteiger charge is 2.57. The van der Waals surface area contributed by atoms with Crippen LogP contribution in [0.2, 0.25) is 0 Å². The Morgan fingerprint density at radius 1 is 0.667 bits per heavy atom. The van der Waals surface area contributed by atoms with Crippen molar-refractivity contribution < 1.29 is 5.11 Å². The van der Waals surface area contributed by atoms with E-state index < -0.39 is 5.60 Å². The van der Waals surface area contributed by atoms with Gasteiger partial charge in [0.2, 0.25) is 0 Å². The Morgan fingerprint density at radius 2 is 1.22 bits per heavy atom. The first-order valence-corrected chi connectivity index (χ1v) is 10.1. The molecule has 0 bridgehead atoms. The van der Waals surface area contributed by atoms with Gasteiger partial charge in [-0.1, -0.05) is 101 Å². The Morgan fingerprint density at radius 3 is 1.96 bits per heavy atom. The molecule has 140 valence electrons. The Balaban J connectivity index is 2.02. The Hall–Kier alpha value is -2.12. The highest BCUT2D eigenvalue weighted by atomic mass is 16.3. The third-order valence-electron chi connectivity index (χ3n) is 6.96. The summed E-state index contributed by atoms with van der Waals surface area (Å²) in [5, 5.41) is 14.8. The van der Waals surface area contributed by atoms with Crippen LogP contribution < -0.4 is 0 Å². The van der Waals surface area contributed by atoms with Crippen LogP contribution in [0.5, 0.6) is 0 Å². The van der Waals surface area contributed by atoms with Gasteiger partial charge in [0.25, 0.3) is 0 Å². The second-order valence-electron chi connectivity index (χ2n) is 9.40. The SMILES string of the molecule is CC1(C)CCCC(C)(C)C1(O)c1ccccc1-c1cccc2ccccc12. The van der Waals surface area contributed by atoms with E-state index >= 15 is 0 Å². The molecule has 0 atom stereocenters. The lowest BCUT2D eigenvalue weighted by Gasteiger charge is -2.57. The largest absolute Gasteiger partial charge is 0.384 e. The van der Waals surface area contributed by atoms with Crippen LogP contribution >= 0.6 is 0 Å². The zero-order chi connectivity index (χ0) is 19.3. The molecule has 3 aromatic carbocycles. The molecule has 0 radical (unpaired) electrons. The fraction of sp³-hybridized carbons (Fsp3) is 0.385. The second kappa shape index (κ2) is 6.21. The summed E-state index contributed by atoms with van der Waals surface area (Å²) >= 11 is 0. The van der Waals surface area contributed by atoms with Gasteiger partial charge in [-0.05, 0) is 51.1 Å². The lowest BCUT2D eigenvalue weighted by atomic mass is 9.51. The Kier molecular flexibility index (Phi) is 4.20. The van der Waals surface area contributed by atoms with Crippen LogP contribution in [0, 0.1) is 10.8 Å². The van der Waals surface area contributed by atoms with Crippen LogP contribution in [-0.4, -0.2) is 5.11 Å². The minimum atomic E-state index is -0.883. The highest BCUT2D eigenvalue weighted by Crippen LogP contribution is 2.60. The van der Waals surface area contributed by atoms with Crippen molar-refractivity contribution in [1.82, 2.24) is 0 Å². The quantitative estimate of drug-likeness (QED) is 0.526. The smallest absolute Gasteiger partial charge is 0.100 e. The first-order valence-electron chi connectivity index (χ1n) is 10.1. The molecular weight excluding hydrogens is 328 g/mol. The van der Waals surface area contributed by atoms with Gasteiger partial charge in [0.05, 0.1) is 0 Å². The summed E-state index contributed by atoms with van der Waals surface area (Å²) in [6.45, 7) is 8.92. The monoisotopic (exact) mass is 358 g/mol. The van der Waals surface area contributed by atoms with Gasteiger partial charge >= 0.3 is 0 Å². The number of hydrogen-bond acceptors (Lipinski definition) is 1. The van der Waals surface area contributed by atoms with E-state index in [-0.39, 0.29) is 10.8 Å². The van der Waals surface area contributed by atoms with Crippen LogP contribution in [0.4, 0.5) is 0 Å². The van der Waals surface area contributed by atoms with Gasteiger partial charge in [0, 0.05) is 0 Å². The maximum absolute atomic E-state index is 12.3. The van der Waals surface area contributed by atoms with E-state index in [0.717, 1.165) is 24.0 Å². The first kappa shape index (κ1) is 18.3. The van der Waals surface area contributed by atoms with Crippen molar-refractivity contribution in [3.8, 4) is 11.1 Å². The lowest BCUT2D eigenvalue weighted by molar-refractivity contribution is -0.185. The van der Waals surface area contributed by atoms with E-state index in [1.165, 1.54) is 22.8 Å². The van der Waals surface area contributed by atoms with Crippen molar-refractivity contribution in [3.05, 3.63) is 72.3 Å². The van der Waals surface area contributed by atoms with Crippen molar-refractivity contribution >= 4 is 10.8 Å². The third-order valence-corrected chi connectivity index (χ3v) is 6.96. The minimum absolute atomic E-state index is 0.185. The van der Waals surface area contributed by atoms with E-state index in [4.69, 9.17) is 0 Å². The molecule has 0 unspecified atom stereocenters. The van der Waals surface area contributed by atoms with Crippen LogP contribution in [-0.2, 0) is 5.60 Å². The van der Waals surface area contributed by atoms with Crippen LogP contribution in [0.25, 0.3) is 21.9 Å². The molecule has 0 saturated heterocycles. The summed E-state index contributed by atoms with van der Waals surface area (Å²) in [6.07, 6.45) is 3.24. The predicted molar refractivity (Wildman–Crippen MR) is 115 cm³/mol. The van der Waals surface area contributed by atoms with Crippen molar-refractivity contribution in [3.63, 3.8) is 0 Å². The zero-order valence-electron chi connectivity index (χ0n) is 16.9. The molecule has 1 heteroatoms. The third kappa shape index (κ3) is 2.63. The van der Waals surface area contributed by atoms with Crippen LogP contribution in [0.1, 0.15) is 52.5 Å². The normalized spacial score (nSPS) is 20.5. The molecule has 1 saturated carbocycles. The first-order chi connectivity index (χ1) is 12.8. The molecule has 27 heavy (non-hydrogen) atoms. The molecule has 3 aromatic rings. The van der Waals surface area contributed by atoms with E-state index in [1.54, 1.807) is 0 Å². The number of benzene rings is 3. The van der Waals surface area contributed by atoms with Gasteiger partial charge in [-0.3, -0.25) is 0 Å². The molecule has 0 amide bonds. The summed E-state index contributed by atoms with van der Waals surface area (Å²) in [5.74, 6) is 0. The van der Waals surface area contributed by atoms with Crippen LogP contribution in [0.3, 0.4) is 0 Å². The van der Waals surface area contributed by atoms with Crippen molar-refractivity contribution in [1.29, 1.82) is 0 Å². The number of rotatable bonds is 2. The summed E-state index contributed by atoms with van der Waals surface area (Å²) in [5.41, 5.74) is 2.17. The maximum Gasteiger partial charge on any atom is 0.100 e. The van der Waals surface area contributed by atoms with Gasteiger partial charge in [-0.15, -0.1) is 0 Å². The van der Waals surface area contributed by atoms with E-state index in [1.807, 2.05) is 0 Å². The second-order valence-corrected chi connectivity index (χ2v) is 9.40. The average Bonchev–Trinajstić information content (AvgIpc) is 2.65. The van der Waals surface area contributed by atoms with E-state index in [2.05, 4.69) is 94.4 Å². The van der Waals surface area contributed by atoms with Gasteiger partial charge < -0.3 is 5.11 Å². The summed E-state index contributed by atoms with van der Waals surface area (Å²) in [4.78, 5) is 0. The van der Waals surface area contributed by atoms with Gasteiger partial charge in [-0.2, -0.15) is 0 Å². The molecule has 0 spiro atoms. The average molecular weight is 359 g/mol. The molecule has 1 N–H and O–H groups in total. The molecule has 1 fully saturated rings. The topological polar surface area (TPSA) is 20.2 Å². The summed E-state index contributed by atoms with van der Waals surface area (Å²) in [6, 6.07) is 23.5. The predicted octanol–water partition coefficient (Wildman–Crippen LogP) is 6.93. The molecular formula is C26H30O. The summed E-state index contributed by atoms with van der Waals surface area (Å²) in [7, 11) is 0. The summed E-state index contributed by atoms with van der Waals surface area (Å²) < 4.78 is 0. The van der Waals surface area contributed by atoms with Gasteiger partial charge in [0.15, 0.2) is 0 Å². The van der Waals surface area contributed by atoms with E-state index in [9.17, 15) is 5.11 Å². The standard InChI is InChI=1S/C26H30O/c1-24(2)17-10-18-25(3,4)26(24,27)23-16-8-7-14-22(23)21-15-9-12-19-11-5-6-13-20(19)21/h5-9,11-16,27H,10,17-18H2,1-4H3. The van der Waals surface area contributed by atoms with Gasteiger partial charge in [0.1, 0.15) is 5.60 Å². The molecule has 1 nitrogen and oxygen atoms in total. The molecule has 1 aliphatic rings. The number of fused-ring (bicyclic) bond motifs is 1. The molecule has 4 rings (SSSR count). The molecule has 0 heterocycles. The molecule has 0 aromatic heterocycles. The number of hydrogen-bond donors (Lipinski definition) is 1. The Bertz CT molecular complexity index is 959. The fourth-order valence-electron chi connectivity index (χ4n) is 5.47. The molecule has 0 aliphatic heterocycles. The van der Waals surface area contributed by atoms with Crippen molar-refractivity contribution in [2.75, 3.05) is 0 Å². The van der Waals surface area contributed by atoms with Crippen molar-refractivity contribution in [2.24, 2.45) is 10.8 Å². The van der Waals surface area contributed by atoms with E-state index in [0.29, 0.717) is 0 Å². The zero-order valence-corrected chi connectivity index (χ0v) is 16.9. The number of aliphatic hydroxyl groups is 1.